The summed E-state index contributed by atoms with van der Waals surface area (Å²) < 4.78 is 0. The summed E-state index contributed by atoms with van der Waals surface area (Å²) in [6, 6.07) is 16.2. The van der Waals surface area contributed by atoms with E-state index in [4.69, 9.17) is 5.73 Å². The lowest BCUT2D eigenvalue weighted by molar-refractivity contribution is 1.25. The van der Waals surface area contributed by atoms with E-state index < -0.39 is 0 Å². The number of fused-ring (bicyclic) bond motifs is 1. The molecule has 4 heteroatoms. The molecule has 3 nitrogen and oxygen atoms in total. The second-order valence-electron chi connectivity index (χ2n) is 4.94. The maximum atomic E-state index is 5.91. The van der Waals surface area contributed by atoms with Crippen LogP contribution in [0, 0.1) is 6.92 Å². The summed E-state index contributed by atoms with van der Waals surface area (Å²) in [6.45, 7) is 2.00. The number of anilines is 3. The van der Waals surface area contributed by atoms with E-state index in [9.17, 15) is 0 Å². The molecule has 0 aliphatic carbocycles. The van der Waals surface area contributed by atoms with Gasteiger partial charge in [-0.25, -0.2) is 0 Å². The number of rotatable bonds is 3. The van der Waals surface area contributed by atoms with Crippen LogP contribution >= 0.6 is 11.8 Å². The molecule has 3 rings (SSSR count). The van der Waals surface area contributed by atoms with E-state index in [0.29, 0.717) is 0 Å². The molecule has 21 heavy (non-hydrogen) atoms. The minimum Gasteiger partial charge on any atom is -0.399 e. The van der Waals surface area contributed by atoms with Gasteiger partial charge in [0.15, 0.2) is 0 Å². The van der Waals surface area contributed by atoms with Crippen LogP contribution in [0.3, 0.4) is 0 Å². The van der Waals surface area contributed by atoms with Crippen molar-refractivity contribution in [3.05, 3.63) is 54.2 Å². The van der Waals surface area contributed by atoms with Gasteiger partial charge in [-0.15, -0.1) is 11.8 Å². The molecule has 106 valence electrons. The number of aryl methyl sites for hydroxylation is 1. The summed E-state index contributed by atoms with van der Waals surface area (Å²) in [6.07, 6.45) is 2.08. The molecule has 0 unspecified atom stereocenters. The molecule has 0 radical (unpaired) electrons. The molecule has 3 aromatic rings. The molecule has 0 atom stereocenters. The Balaban J connectivity index is 2.08. The zero-order valence-corrected chi connectivity index (χ0v) is 12.9. The van der Waals surface area contributed by atoms with Crippen LogP contribution in [0.1, 0.15) is 5.69 Å². The van der Waals surface area contributed by atoms with Crippen molar-refractivity contribution >= 4 is 39.7 Å². The number of aromatic nitrogens is 1. The van der Waals surface area contributed by atoms with Gasteiger partial charge in [0, 0.05) is 33.0 Å². The number of nitrogen functional groups attached to an aromatic ring is 1. The van der Waals surface area contributed by atoms with Crippen molar-refractivity contribution in [3.8, 4) is 0 Å². The lowest BCUT2D eigenvalue weighted by atomic mass is 10.1. The van der Waals surface area contributed by atoms with Crippen LogP contribution in [0.15, 0.2) is 53.4 Å². The fourth-order valence-corrected chi connectivity index (χ4v) is 2.80. The van der Waals surface area contributed by atoms with E-state index in [2.05, 4.69) is 40.8 Å². The third-order valence-corrected chi connectivity index (χ3v) is 4.03. The predicted octanol–water partition coefficient (Wildman–Crippen LogP) is 4.59. The number of hydrogen-bond donors (Lipinski definition) is 2. The first-order valence-corrected chi connectivity index (χ1v) is 7.96. The average Bonchev–Trinajstić information content (AvgIpc) is 2.48. The first kappa shape index (κ1) is 13.8. The summed E-state index contributed by atoms with van der Waals surface area (Å²) in [5, 5.41) is 4.52. The van der Waals surface area contributed by atoms with Crippen molar-refractivity contribution in [2.75, 3.05) is 17.3 Å². The zero-order valence-electron chi connectivity index (χ0n) is 12.1. The Kier molecular flexibility index (Phi) is 3.71. The number of nitrogens with zero attached hydrogens (tertiary/aromatic N) is 1. The molecule has 1 aromatic heterocycles. The normalized spacial score (nSPS) is 10.8. The summed E-state index contributed by atoms with van der Waals surface area (Å²) >= 11 is 1.73. The van der Waals surface area contributed by atoms with Gasteiger partial charge >= 0.3 is 0 Å². The highest BCUT2D eigenvalue weighted by Gasteiger charge is 2.05. The second kappa shape index (κ2) is 5.66. The van der Waals surface area contributed by atoms with Crippen molar-refractivity contribution in [1.29, 1.82) is 0 Å². The van der Waals surface area contributed by atoms with Gasteiger partial charge in [-0.1, -0.05) is 6.07 Å². The van der Waals surface area contributed by atoms with Gasteiger partial charge in [-0.3, -0.25) is 4.98 Å². The highest BCUT2D eigenvalue weighted by molar-refractivity contribution is 7.98. The van der Waals surface area contributed by atoms with E-state index in [0.717, 1.165) is 33.7 Å². The molecule has 1 heterocycles. The minimum atomic E-state index is 0.745. The molecule has 0 aliphatic rings. The lowest BCUT2D eigenvalue weighted by Crippen LogP contribution is -1.96. The predicted molar refractivity (Wildman–Crippen MR) is 92.4 cm³/mol. The molecule has 2 aromatic carbocycles. The highest BCUT2D eigenvalue weighted by Crippen LogP contribution is 2.29. The first-order chi connectivity index (χ1) is 10.2. The number of hydrogen-bond acceptors (Lipinski definition) is 4. The van der Waals surface area contributed by atoms with E-state index >= 15 is 0 Å². The fourth-order valence-electron chi connectivity index (χ4n) is 2.34. The first-order valence-electron chi connectivity index (χ1n) is 6.74. The monoisotopic (exact) mass is 295 g/mol. The van der Waals surface area contributed by atoms with E-state index in [1.807, 2.05) is 31.2 Å². The van der Waals surface area contributed by atoms with Crippen LogP contribution in [0.5, 0.6) is 0 Å². The molecular formula is C17H17N3S. The molecule has 0 amide bonds. The molecule has 0 saturated heterocycles. The SMILES string of the molecule is CSc1cccc(Nc2cc(C)nc3ccc(N)cc23)c1. The Morgan fingerprint density at radius 3 is 2.76 bits per heavy atom. The van der Waals surface area contributed by atoms with Gasteiger partial charge in [-0.05, 0) is 55.6 Å². The van der Waals surface area contributed by atoms with Crippen LogP contribution in [0.2, 0.25) is 0 Å². The largest absolute Gasteiger partial charge is 0.399 e. The Morgan fingerprint density at radius 1 is 1.10 bits per heavy atom. The van der Waals surface area contributed by atoms with Crippen molar-refractivity contribution < 1.29 is 0 Å². The molecule has 0 aliphatic heterocycles. The highest BCUT2D eigenvalue weighted by atomic mass is 32.2. The van der Waals surface area contributed by atoms with Crippen LogP contribution in [-0.2, 0) is 0 Å². The Hall–Kier alpha value is -2.20. The van der Waals surface area contributed by atoms with E-state index in [1.165, 1.54) is 4.90 Å². The quantitative estimate of drug-likeness (QED) is 0.548. The maximum Gasteiger partial charge on any atom is 0.0727 e. The summed E-state index contributed by atoms with van der Waals surface area (Å²) in [7, 11) is 0. The standard InChI is InChI=1S/C17H17N3S/c1-11-8-17(15-9-12(18)6-7-16(15)19-11)20-13-4-3-5-14(10-13)21-2/h3-10H,18H2,1-2H3,(H,19,20). The van der Waals surface area contributed by atoms with Gasteiger partial charge in [-0.2, -0.15) is 0 Å². The topological polar surface area (TPSA) is 50.9 Å². The number of thioether (sulfide) groups is 1. The number of nitrogens with two attached hydrogens (primary N) is 1. The van der Waals surface area contributed by atoms with Crippen LogP contribution in [0.4, 0.5) is 17.1 Å². The Morgan fingerprint density at radius 2 is 1.95 bits per heavy atom. The van der Waals surface area contributed by atoms with Gasteiger partial charge in [0.25, 0.3) is 0 Å². The molecular weight excluding hydrogens is 278 g/mol. The number of benzene rings is 2. The van der Waals surface area contributed by atoms with Crippen LogP contribution < -0.4 is 11.1 Å². The number of pyridine rings is 1. The van der Waals surface area contributed by atoms with Crippen molar-refractivity contribution in [2.24, 2.45) is 0 Å². The molecule has 0 spiro atoms. The third-order valence-electron chi connectivity index (χ3n) is 3.31. The molecule has 3 N–H and O–H groups in total. The van der Waals surface area contributed by atoms with Gasteiger partial charge < -0.3 is 11.1 Å². The molecule has 0 bridgehead atoms. The minimum absolute atomic E-state index is 0.745. The zero-order chi connectivity index (χ0) is 14.8. The van der Waals surface area contributed by atoms with Crippen LogP contribution in [0.25, 0.3) is 10.9 Å². The van der Waals surface area contributed by atoms with E-state index in [-0.39, 0.29) is 0 Å². The van der Waals surface area contributed by atoms with Gasteiger partial charge in [0.1, 0.15) is 0 Å². The van der Waals surface area contributed by atoms with Gasteiger partial charge in [0.05, 0.1) is 5.52 Å². The van der Waals surface area contributed by atoms with Crippen molar-refractivity contribution in [3.63, 3.8) is 0 Å². The Bertz CT molecular complexity index is 799. The number of nitrogens with one attached hydrogen (secondary N) is 1. The van der Waals surface area contributed by atoms with Crippen molar-refractivity contribution in [2.45, 2.75) is 11.8 Å². The average molecular weight is 295 g/mol. The third kappa shape index (κ3) is 2.95. The summed E-state index contributed by atoms with van der Waals surface area (Å²) in [4.78, 5) is 5.78. The second-order valence-corrected chi connectivity index (χ2v) is 5.82. The maximum absolute atomic E-state index is 5.91. The lowest BCUT2D eigenvalue weighted by Gasteiger charge is -2.12. The fraction of sp³-hybridized carbons (Fsp3) is 0.118. The Labute approximate surface area is 128 Å². The van der Waals surface area contributed by atoms with Gasteiger partial charge in [0.2, 0.25) is 0 Å². The van der Waals surface area contributed by atoms with Crippen LogP contribution in [-0.4, -0.2) is 11.2 Å². The van der Waals surface area contributed by atoms with Crippen molar-refractivity contribution in [1.82, 2.24) is 4.98 Å². The van der Waals surface area contributed by atoms with E-state index in [1.54, 1.807) is 11.8 Å². The summed E-state index contributed by atoms with van der Waals surface area (Å²) in [5.74, 6) is 0. The summed E-state index contributed by atoms with van der Waals surface area (Å²) in [5.41, 5.74) is 10.7. The molecule has 0 saturated carbocycles. The molecule has 0 fully saturated rings. The smallest absolute Gasteiger partial charge is 0.0727 e.